The van der Waals surface area contributed by atoms with Gasteiger partial charge < -0.3 is 4.90 Å². The van der Waals surface area contributed by atoms with Gasteiger partial charge in [0.15, 0.2) is 0 Å². The predicted octanol–water partition coefficient (Wildman–Crippen LogP) is 3.59. The molecule has 17 heavy (non-hydrogen) atoms. The van der Waals surface area contributed by atoms with Gasteiger partial charge in [-0.3, -0.25) is 4.99 Å². The van der Waals surface area contributed by atoms with Gasteiger partial charge in [0.1, 0.15) is 0 Å². The molecule has 0 aromatic heterocycles. The third kappa shape index (κ3) is 4.16. The van der Waals surface area contributed by atoms with Crippen LogP contribution in [-0.2, 0) is 6.54 Å². The zero-order chi connectivity index (χ0) is 12.8. The molecule has 1 rings (SSSR count). The van der Waals surface area contributed by atoms with Crippen LogP contribution < -0.4 is 0 Å². The predicted molar refractivity (Wildman–Crippen MR) is 76.3 cm³/mol. The Morgan fingerprint density at radius 3 is 2.59 bits per heavy atom. The Morgan fingerprint density at radius 2 is 2.00 bits per heavy atom. The highest BCUT2D eigenvalue weighted by atomic mass is 15.0. The van der Waals surface area contributed by atoms with Crippen molar-refractivity contribution in [3.63, 3.8) is 0 Å². The summed E-state index contributed by atoms with van der Waals surface area (Å²) in [5.41, 5.74) is 4.91. The van der Waals surface area contributed by atoms with E-state index >= 15 is 0 Å². The quantitative estimate of drug-likeness (QED) is 0.722. The monoisotopic (exact) mass is 230 g/mol. The van der Waals surface area contributed by atoms with E-state index in [0.717, 1.165) is 12.2 Å². The summed E-state index contributed by atoms with van der Waals surface area (Å²) in [7, 11) is 4.17. The first kappa shape index (κ1) is 13.7. The summed E-state index contributed by atoms with van der Waals surface area (Å²) >= 11 is 0. The average Bonchev–Trinajstić information content (AvgIpc) is 2.28. The minimum absolute atomic E-state index is 0.969. The second-order valence-corrected chi connectivity index (χ2v) is 4.54. The van der Waals surface area contributed by atoms with Crippen LogP contribution in [0.1, 0.15) is 31.9 Å². The number of hydrogen-bond donors (Lipinski definition) is 0. The van der Waals surface area contributed by atoms with Gasteiger partial charge in [-0.15, -0.1) is 0 Å². The van der Waals surface area contributed by atoms with Crippen molar-refractivity contribution in [1.29, 1.82) is 0 Å². The molecule has 1 aromatic rings. The molecule has 0 atom stereocenters. The lowest BCUT2D eigenvalue weighted by molar-refractivity contribution is 0.402. The molecule has 0 radical (unpaired) electrons. The normalized spacial score (nSPS) is 13.3. The molecule has 92 valence electrons. The Labute approximate surface area is 105 Å². The second kappa shape index (κ2) is 6.36. The third-order valence-electron chi connectivity index (χ3n) is 2.72. The van der Waals surface area contributed by atoms with Crippen LogP contribution >= 0.6 is 0 Å². The van der Waals surface area contributed by atoms with Crippen LogP contribution in [0.5, 0.6) is 0 Å². The van der Waals surface area contributed by atoms with Gasteiger partial charge in [0, 0.05) is 18.5 Å². The molecule has 0 aliphatic heterocycles. The van der Waals surface area contributed by atoms with Gasteiger partial charge in [-0.25, -0.2) is 0 Å². The number of allylic oxidation sites excluding steroid dienone is 2. The lowest BCUT2D eigenvalue weighted by Crippen LogP contribution is -2.10. The van der Waals surface area contributed by atoms with Gasteiger partial charge >= 0.3 is 0 Å². The van der Waals surface area contributed by atoms with Crippen molar-refractivity contribution in [3.05, 3.63) is 41.1 Å². The standard InChI is InChI=1S/C15H22N2/c1-6-16-13(3)12(2)15-9-7-8-14(10-15)11-17(4)5/h6-10H,11H2,1-5H3/b13-12+,16-6-. The third-order valence-corrected chi connectivity index (χ3v) is 2.72. The van der Waals surface area contributed by atoms with Crippen LogP contribution in [0.15, 0.2) is 35.0 Å². The van der Waals surface area contributed by atoms with Gasteiger partial charge in [-0.2, -0.15) is 0 Å². The summed E-state index contributed by atoms with van der Waals surface area (Å²) in [6, 6.07) is 8.66. The molecule has 2 nitrogen and oxygen atoms in total. The van der Waals surface area contributed by atoms with E-state index in [4.69, 9.17) is 0 Å². The smallest absolute Gasteiger partial charge is 0.0403 e. The Bertz CT molecular complexity index is 428. The number of nitrogens with zero attached hydrogens (tertiary/aromatic N) is 2. The maximum Gasteiger partial charge on any atom is 0.0403 e. The van der Waals surface area contributed by atoms with E-state index in [1.807, 2.05) is 20.1 Å². The van der Waals surface area contributed by atoms with Crippen molar-refractivity contribution in [2.75, 3.05) is 14.1 Å². The molecule has 0 aliphatic carbocycles. The summed E-state index contributed by atoms with van der Waals surface area (Å²) in [5, 5.41) is 0. The molecule has 2 heteroatoms. The van der Waals surface area contributed by atoms with Crippen LogP contribution in [0.25, 0.3) is 5.57 Å². The molecule has 0 unspecified atom stereocenters. The lowest BCUT2D eigenvalue weighted by Gasteiger charge is -2.11. The van der Waals surface area contributed by atoms with Crippen LogP contribution in [-0.4, -0.2) is 25.2 Å². The van der Waals surface area contributed by atoms with Crippen molar-refractivity contribution >= 4 is 11.8 Å². The second-order valence-electron chi connectivity index (χ2n) is 4.54. The number of aliphatic imine (C=N–C) groups is 1. The first-order chi connectivity index (χ1) is 8.04. The summed E-state index contributed by atoms with van der Waals surface area (Å²) in [5.74, 6) is 0. The fraction of sp³-hybridized carbons (Fsp3) is 0.400. The zero-order valence-corrected chi connectivity index (χ0v) is 11.5. The number of rotatable bonds is 4. The summed E-state index contributed by atoms with van der Waals surface area (Å²) < 4.78 is 0. The molecule has 0 aliphatic rings. The first-order valence-corrected chi connectivity index (χ1v) is 5.94. The Morgan fingerprint density at radius 1 is 1.29 bits per heavy atom. The molecule has 0 saturated heterocycles. The van der Waals surface area contributed by atoms with E-state index in [-0.39, 0.29) is 0 Å². The number of hydrogen-bond acceptors (Lipinski definition) is 2. The summed E-state index contributed by atoms with van der Waals surface area (Å²) in [6.45, 7) is 7.08. The van der Waals surface area contributed by atoms with Crippen molar-refractivity contribution in [2.45, 2.75) is 27.3 Å². The molecular weight excluding hydrogens is 208 g/mol. The average molecular weight is 230 g/mol. The van der Waals surface area contributed by atoms with Crippen molar-refractivity contribution in [2.24, 2.45) is 4.99 Å². The minimum Gasteiger partial charge on any atom is -0.305 e. The van der Waals surface area contributed by atoms with Gasteiger partial charge in [0.2, 0.25) is 0 Å². The first-order valence-electron chi connectivity index (χ1n) is 5.94. The van der Waals surface area contributed by atoms with Crippen LogP contribution in [0, 0.1) is 0 Å². The fourth-order valence-corrected chi connectivity index (χ4v) is 1.77. The van der Waals surface area contributed by atoms with Crippen LogP contribution in [0.3, 0.4) is 0 Å². The Balaban J connectivity index is 3.03. The van der Waals surface area contributed by atoms with Gasteiger partial charge in [-0.05, 0) is 51.6 Å². The SMILES string of the molecule is C/C=N\C(C)=C(/C)c1cccc(CN(C)C)c1. The zero-order valence-electron chi connectivity index (χ0n) is 11.5. The molecule has 0 heterocycles. The van der Waals surface area contributed by atoms with E-state index < -0.39 is 0 Å². The number of benzene rings is 1. The van der Waals surface area contributed by atoms with Crippen molar-refractivity contribution in [1.82, 2.24) is 4.90 Å². The molecule has 0 N–H and O–H groups in total. The molecule has 0 saturated carbocycles. The minimum atomic E-state index is 0.969. The Hall–Kier alpha value is -1.41. The maximum atomic E-state index is 4.34. The summed E-state index contributed by atoms with van der Waals surface area (Å²) in [4.78, 5) is 6.51. The van der Waals surface area contributed by atoms with Crippen LogP contribution in [0.4, 0.5) is 0 Å². The van der Waals surface area contributed by atoms with Gasteiger partial charge in [-0.1, -0.05) is 24.3 Å². The Kier molecular flexibility index (Phi) is 5.11. The maximum absolute atomic E-state index is 4.34. The molecule has 0 bridgehead atoms. The van der Waals surface area contributed by atoms with Crippen molar-refractivity contribution in [3.8, 4) is 0 Å². The highest BCUT2D eigenvalue weighted by Crippen LogP contribution is 2.20. The van der Waals surface area contributed by atoms with Crippen molar-refractivity contribution < 1.29 is 0 Å². The van der Waals surface area contributed by atoms with Crippen LogP contribution in [0.2, 0.25) is 0 Å². The van der Waals surface area contributed by atoms with E-state index in [0.29, 0.717) is 0 Å². The van der Waals surface area contributed by atoms with E-state index in [1.165, 1.54) is 16.7 Å². The largest absolute Gasteiger partial charge is 0.305 e. The molecular formula is C15H22N2. The molecule has 0 amide bonds. The lowest BCUT2D eigenvalue weighted by atomic mass is 10.0. The summed E-state index contributed by atoms with van der Waals surface area (Å²) in [6.07, 6.45) is 1.84. The van der Waals surface area contributed by atoms with Gasteiger partial charge in [0.25, 0.3) is 0 Å². The highest BCUT2D eigenvalue weighted by Gasteiger charge is 2.02. The molecule has 0 fully saturated rings. The van der Waals surface area contributed by atoms with Gasteiger partial charge in [0.05, 0.1) is 0 Å². The molecule has 1 aromatic carbocycles. The van der Waals surface area contributed by atoms with E-state index in [9.17, 15) is 0 Å². The van der Waals surface area contributed by atoms with E-state index in [1.54, 1.807) is 0 Å². The molecule has 0 spiro atoms. The van der Waals surface area contributed by atoms with E-state index in [2.05, 4.69) is 55.2 Å². The highest BCUT2D eigenvalue weighted by molar-refractivity contribution is 5.69. The fourth-order valence-electron chi connectivity index (χ4n) is 1.77. The topological polar surface area (TPSA) is 15.6 Å².